The average Bonchev–Trinajstić information content (AvgIpc) is 3.83. The normalized spacial score (nSPS) is 21.1. The smallest absolute Gasteiger partial charge is 0.878 e. The number of aromatic nitrogens is 1. The summed E-state index contributed by atoms with van der Waals surface area (Å²) in [5.74, 6) is -1.42. The van der Waals surface area contributed by atoms with Crippen molar-refractivity contribution in [3.63, 3.8) is 0 Å². The van der Waals surface area contributed by atoms with Crippen LogP contribution in [0.4, 0.5) is 0 Å². The molecule has 1 aromatic heterocycles. The molecule has 11 heteroatoms. The second-order valence-corrected chi connectivity index (χ2v) is 14.3. The van der Waals surface area contributed by atoms with E-state index in [1.54, 1.807) is 6.08 Å². The maximum absolute atomic E-state index is 14.8. The fraction of sp³-hybridized carbons (Fsp3) is 0.442. The summed E-state index contributed by atoms with van der Waals surface area (Å²) in [6.07, 6.45) is 13.4. The van der Waals surface area contributed by atoms with Gasteiger partial charge in [0.25, 0.3) is 5.56 Å². The van der Waals surface area contributed by atoms with E-state index in [4.69, 9.17) is 24.7 Å². The molecule has 0 aliphatic carbocycles. The Labute approximate surface area is 327 Å². The molecule has 2 atom stereocenters. The zero-order valence-electron chi connectivity index (χ0n) is 32.5. The molecule has 0 N–H and O–H groups in total. The summed E-state index contributed by atoms with van der Waals surface area (Å²) in [4.78, 5) is 48.0. The summed E-state index contributed by atoms with van der Waals surface area (Å²) in [7, 11) is 1.36. The molecule has 10 nitrogen and oxygen atoms in total. The minimum absolute atomic E-state index is 0. The Kier molecular flexibility index (Phi) is 12.6. The van der Waals surface area contributed by atoms with Gasteiger partial charge in [-0.3, -0.25) is 14.6 Å². The van der Waals surface area contributed by atoms with Crippen LogP contribution in [0.25, 0.3) is 11.3 Å². The van der Waals surface area contributed by atoms with Gasteiger partial charge in [0.05, 0.1) is 57.6 Å². The molecular formula is C43H49N5NiO5. The van der Waals surface area contributed by atoms with Crippen LogP contribution in [-0.2, 0) is 32.6 Å². The van der Waals surface area contributed by atoms with Crippen molar-refractivity contribution in [3.05, 3.63) is 102 Å². The summed E-state index contributed by atoms with van der Waals surface area (Å²) in [6, 6.07) is 0. The number of carbonyl (C=O) groups excluding carboxylic acids is 1. The first-order valence-electron chi connectivity index (χ1n) is 19.0. The van der Waals surface area contributed by atoms with Crippen molar-refractivity contribution in [2.45, 2.75) is 106 Å². The summed E-state index contributed by atoms with van der Waals surface area (Å²) in [5.41, 5.74) is 10.2. The number of fused-ring (bicyclic) bond motifs is 4. The number of nitrogens with zero attached hydrogens (tertiary/aromatic N) is 5. The van der Waals surface area contributed by atoms with Gasteiger partial charge in [-0.25, -0.2) is 15.0 Å². The first-order valence-corrected chi connectivity index (χ1v) is 19.0. The molecule has 6 rings (SSSR count). The Bertz CT molecular complexity index is 2290. The molecule has 0 radical (unpaired) electrons. The van der Waals surface area contributed by atoms with Gasteiger partial charge in [0.1, 0.15) is 0 Å². The van der Waals surface area contributed by atoms with Crippen molar-refractivity contribution in [2.75, 3.05) is 7.11 Å². The van der Waals surface area contributed by atoms with Crippen molar-refractivity contribution in [1.82, 2.24) is 4.57 Å². The molecule has 1 aromatic rings. The molecule has 8 bridgehead atoms. The molecule has 0 unspecified atom stereocenters. The van der Waals surface area contributed by atoms with Crippen molar-refractivity contribution in [1.29, 1.82) is 0 Å². The second kappa shape index (κ2) is 16.8. The number of methoxy groups -OCH3 is 1. The van der Waals surface area contributed by atoms with E-state index in [2.05, 4.69) is 27.7 Å². The van der Waals surface area contributed by atoms with Gasteiger partial charge in [0.2, 0.25) is 0 Å². The third-order valence-corrected chi connectivity index (χ3v) is 11.3. The van der Waals surface area contributed by atoms with Crippen molar-refractivity contribution < 1.29 is 36.2 Å². The molecular weight excluding hydrogens is 725 g/mol. The molecule has 0 aromatic carbocycles. The van der Waals surface area contributed by atoms with Crippen LogP contribution in [0.15, 0.2) is 100 Å². The third kappa shape index (κ3) is 7.03. The second-order valence-electron chi connectivity index (χ2n) is 14.3. The van der Waals surface area contributed by atoms with Crippen LogP contribution in [0.5, 0.6) is 5.88 Å². The van der Waals surface area contributed by atoms with E-state index in [0.29, 0.717) is 57.7 Å². The molecule has 5 aliphatic heterocycles. The molecule has 5 aliphatic rings. The fourth-order valence-electron chi connectivity index (χ4n) is 8.24. The molecule has 0 saturated carbocycles. The predicted octanol–water partition coefficient (Wildman–Crippen LogP) is 5.58. The minimum Gasteiger partial charge on any atom is -0.878 e. The van der Waals surface area contributed by atoms with Crippen molar-refractivity contribution >= 4 is 34.4 Å². The number of esters is 1. The van der Waals surface area contributed by atoms with E-state index in [0.717, 1.165) is 77.8 Å². The number of hydrogen-bond donors (Lipinski definition) is 0. The fourth-order valence-corrected chi connectivity index (χ4v) is 8.24. The Balaban J connectivity index is 0.00000561. The van der Waals surface area contributed by atoms with E-state index in [1.165, 1.54) is 17.8 Å². The number of hydrogen-bond acceptors (Lipinski definition) is 9. The molecule has 0 fully saturated rings. The van der Waals surface area contributed by atoms with E-state index in [-0.39, 0.29) is 52.4 Å². The van der Waals surface area contributed by atoms with Crippen LogP contribution in [-0.4, -0.2) is 34.8 Å². The van der Waals surface area contributed by atoms with Crippen molar-refractivity contribution in [2.24, 2.45) is 31.8 Å². The van der Waals surface area contributed by atoms with Gasteiger partial charge in [-0.1, -0.05) is 59.1 Å². The number of rotatable bonds is 11. The first-order chi connectivity index (χ1) is 25.5. The molecule has 0 saturated heterocycles. The summed E-state index contributed by atoms with van der Waals surface area (Å²) < 4.78 is 6.40. The van der Waals surface area contributed by atoms with Gasteiger partial charge in [-0.05, 0) is 92.4 Å². The Hall–Kier alpha value is -4.63. The number of pyridine rings is 1. The van der Waals surface area contributed by atoms with Gasteiger partial charge < -0.3 is 19.5 Å². The van der Waals surface area contributed by atoms with E-state index in [9.17, 15) is 19.8 Å². The maximum Gasteiger partial charge on any atom is 2.00 e. The van der Waals surface area contributed by atoms with Crippen LogP contribution in [0.1, 0.15) is 105 Å². The maximum atomic E-state index is 14.8. The molecule has 286 valence electrons. The Morgan fingerprint density at radius 3 is 2.31 bits per heavy atom. The monoisotopic (exact) mass is 773 g/mol. The van der Waals surface area contributed by atoms with Crippen LogP contribution < -0.4 is 26.3 Å². The van der Waals surface area contributed by atoms with Crippen molar-refractivity contribution in [3.8, 4) is 5.88 Å². The predicted molar refractivity (Wildman–Crippen MR) is 207 cm³/mol. The summed E-state index contributed by atoms with van der Waals surface area (Å²) in [6.45, 7) is 14.6. The minimum atomic E-state index is -0.434. The average molecular weight is 775 g/mol. The van der Waals surface area contributed by atoms with Crippen LogP contribution in [0.3, 0.4) is 0 Å². The number of aliphatic imine (C=N–C) groups is 3. The van der Waals surface area contributed by atoms with Gasteiger partial charge in [0, 0.05) is 35.9 Å². The molecule has 0 spiro atoms. The van der Waals surface area contributed by atoms with Gasteiger partial charge >= 0.3 is 22.5 Å². The van der Waals surface area contributed by atoms with Crippen LogP contribution in [0.2, 0.25) is 0 Å². The third-order valence-electron chi connectivity index (χ3n) is 11.3. The summed E-state index contributed by atoms with van der Waals surface area (Å²) in [5, 5.41) is 26.8. The number of ether oxygens (including phenoxy) is 1. The standard InChI is InChI=1S/C43H51N5O5.Ni/c1-9-12-13-14-19-48-42(51)36-26(7)32-22-33-27(10-2)23(4)31(44-33)21-34-28(11-3)24(5)38(46-34)30(16-15-20-49)39-25(6)29(17-18-35(50)53-8)40(47-39)37(43(48)52)41(36)45-32;/h15-16,20-22,25,29,49,51H,9-14,17-19H2,1-8H3;/q;+2/p-2/b20-15+,30-16+,33-22?,34-21?,40-37?;/t25-,29-;/m0./s1. The van der Waals surface area contributed by atoms with Crippen LogP contribution >= 0.6 is 0 Å². The number of carbonyl (C=O) groups is 1. The molecule has 6 heterocycles. The van der Waals surface area contributed by atoms with Gasteiger partial charge in [-0.15, -0.1) is 6.26 Å². The largest absolute Gasteiger partial charge is 2.00 e. The zero-order chi connectivity index (χ0) is 38.1. The Morgan fingerprint density at radius 2 is 1.65 bits per heavy atom. The zero-order valence-corrected chi connectivity index (χ0v) is 33.5. The first kappa shape index (κ1) is 40.6. The van der Waals surface area contributed by atoms with E-state index < -0.39 is 11.5 Å². The van der Waals surface area contributed by atoms with Gasteiger partial charge in [-0.2, -0.15) is 0 Å². The quantitative estimate of drug-likeness (QED) is 0.125. The van der Waals surface area contributed by atoms with E-state index >= 15 is 0 Å². The number of allylic oxidation sites excluding steroid dienone is 10. The van der Waals surface area contributed by atoms with E-state index in [1.807, 2.05) is 32.9 Å². The van der Waals surface area contributed by atoms with Gasteiger partial charge in [0.15, 0.2) is 0 Å². The van der Waals surface area contributed by atoms with Crippen LogP contribution in [0, 0.1) is 11.8 Å². The molecule has 54 heavy (non-hydrogen) atoms. The summed E-state index contributed by atoms with van der Waals surface area (Å²) >= 11 is 0. The SMILES string of the molecule is CCCCCCn1c([O-])c2c3c(c1=O)=C1N=C(/C(=C/C=C/[O-])C4=NC(=CC5=NC(=CC(=C2C)N=3)C(CC)=C5C)C(CC)=C4C)[C@@H](C)[C@@H]1CCC(=O)OC.[Ni+2]. The Morgan fingerprint density at radius 1 is 0.944 bits per heavy atom. The topological polar surface area (TPSA) is 144 Å². The molecule has 0 amide bonds. The number of unbranched alkanes of at least 4 members (excludes halogenated alkanes) is 3.